The van der Waals surface area contributed by atoms with E-state index in [0.29, 0.717) is 26.2 Å². The molecule has 1 saturated heterocycles. The number of aromatic nitrogens is 1. The van der Waals surface area contributed by atoms with E-state index in [2.05, 4.69) is 30.1 Å². The summed E-state index contributed by atoms with van der Waals surface area (Å²) in [5.41, 5.74) is 4.54. The number of aromatic amines is 1. The van der Waals surface area contributed by atoms with Crippen molar-refractivity contribution in [3.8, 4) is 0 Å². The Morgan fingerprint density at radius 1 is 1.43 bits per heavy atom. The van der Waals surface area contributed by atoms with E-state index in [1.54, 1.807) is 0 Å². The number of ether oxygens (including phenoxy) is 1. The van der Waals surface area contributed by atoms with Crippen LogP contribution in [-0.4, -0.2) is 41.6 Å². The number of aryl methyl sites for hydroxylation is 2. The van der Waals surface area contributed by atoms with Gasteiger partial charge in [0.2, 0.25) is 5.91 Å². The van der Waals surface area contributed by atoms with Gasteiger partial charge >= 0.3 is 0 Å². The van der Waals surface area contributed by atoms with Crippen molar-refractivity contribution in [1.82, 2.24) is 9.88 Å². The van der Waals surface area contributed by atoms with Gasteiger partial charge in [0.25, 0.3) is 0 Å². The lowest BCUT2D eigenvalue weighted by Gasteiger charge is -2.33. The third-order valence-electron chi connectivity index (χ3n) is 4.29. The first-order chi connectivity index (χ1) is 10.1. The molecular formula is C17H22N2O2. The van der Waals surface area contributed by atoms with E-state index in [-0.39, 0.29) is 11.9 Å². The van der Waals surface area contributed by atoms with Crippen molar-refractivity contribution in [2.75, 3.05) is 19.8 Å². The minimum atomic E-state index is 0.165. The van der Waals surface area contributed by atoms with Gasteiger partial charge in [0.05, 0.1) is 25.7 Å². The van der Waals surface area contributed by atoms with Crippen molar-refractivity contribution in [3.63, 3.8) is 0 Å². The van der Waals surface area contributed by atoms with Gasteiger partial charge in [-0.1, -0.05) is 11.6 Å². The molecule has 0 radical (unpaired) electrons. The number of nitrogens with zero attached hydrogens (tertiary/aromatic N) is 1. The minimum absolute atomic E-state index is 0.165. The summed E-state index contributed by atoms with van der Waals surface area (Å²) in [5.74, 6) is 0.191. The van der Waals surface area contributed by atoms with Crippen LogP contribution in [0.15, 0.2) is 18.2 Å². The fourth-order valence-electron chi connectivity index (χ4n) is 3.07. The fraction of sp³-hybridized carbons (Fsp3) is 0.471. The van der Waals surface area contributed by atoms with Gasteiger partial charge in [-0.3, -0.25) is 4.79 Å². The molecule has 2 heterocycles. The van der Waals surface area contributed by atoms with Gasteiger partial charge in [0.1, 0.15) is 0 Å². The second kappa shape index (κ2) is 5.53. The number of carbonyl (C=O) groups is 1. The number of carbonyl (C=O) groups excluding carboxylic acids is 1. The molecule has 0 aliphatic carbocycles. The Hall–Kier alpha value is -1.81. The third kappa shape index (κ3) is 2.68. The Labute approximate surface area is 125 Å². The molecule has 0 spiro atoms. The standard InChI is InChI=1S/C17H22N2O2/c1-11-4-5-16-15(8-11)14(13(3)18-16)9-17(20)19-6-7-21-10-12(19)2/h4-5,8,12,18H,6-7,9-10H2,1-3H3/t12-/m0/s1. The van der Waals surface area contributed by atoms with Gasteiger partial charge in [-0.15, -0.1) is 0 Å². The predicted octanol–water partition coefficient (Wildman–Crippen LogP) is 2.57. The lowest BCUT2D eigenvalue weighted by molar-refractivity contribution is -0.138. The zero-order valence-electron chi connectivity index (χ0n) is 12.9. The molecule has 3 rings (SSSR count). The van der Waals surface area contributed by atoms with Crippen LogP contribution in [0.5, 0.6) is 0 Å². The lowest BCUT2D eigenvalue weighted by Crippen LogP contribution is -2.47. The molecule has 2 aromatic rings. The first-order valence-electron chi connectivity index (χ1n) is 7.51. The zero-order valence-corrected chi connectivity index (χ0v) is 12.9. The number of H-pyrrole nitrogens is 1. The molecule has 1 aromatic heterocycles. The van der Waals surface area contributed by atoms with Gasteiger partial charge in [0, 0.05) is 23.1 Å². The van der Waals surface area contributed by atoms with Crippen LogP contribution in [0.1, 0.15) is 23.7 Å². The molecule has 4 heteroatoms. The van der Waals surface area contributed by atoms with Crippen LogP contribution in [0, 0.1) is 13.8 Å². The molecule has 0 bridgehead atoms. The van der Waals surface area contributed by atoms with Crippen LogP contribution in [0.25, 0.3) is 10.9 Å². The molecule has 1 aliphatic rings. The average Bonchev–Trinajstić information content (AvgIpc) is 2.75. The average molecular weight is 286 g/mol. The molecule has 1 amide bonds. The summed E-state index contributed by atoms with van der Waals surface area (Å²) in [7, 11) is 0. The highest BCUT2D eigenvalue weighted by Gasteiger charge is 2.25. The predicted molar refractivity (Wildman–Crippen MR) is 83.5 cm³/mol. The summed E-state index contributed by atoms with van der Waals surface area (Å²) >= 11 is 0. The summed E-state index contributed by atoms with van der Waals surface area (Å²) in [6, 6.07) is 6.50. The van der Waals surface area contributed by atoms with Crippen LogP contribution in [0.4, 0.5) is 0 Å². The maximum absolute atomic E-state index is 12.6. The van der Waals surface area contributed by atoms with Crippen molar-refractivity contribution >= 4 is 16.8 Å². The highest BCUT2D eigenvalue weighted by atomic mass is 16.5. The van der Waals surface area contributed by atoms with Gasteiger partial charge in [-0.05, 0) is 38.5 Å². The molecule has 112 valence electrons. The molecule has 1 atom stereocenters. The summed E-state index contributed by atoms with van der Waals surface area (Å²) < 4.78 is 5.41. The summed E-state index contributed by atoms with van der Waals surface area (Å²) in [6.45, 7) is 8.14. The van der Waals surface area contributed by atoms with Gasteiger partial charge < -0.3 is 14.6 Å². The molecule has 0 saturated carbocycles. The van der Waals surface area contributed by atoms with Crippen molar-refractivity contribution in [2.24, 2.45) is 0 Å². The van der Waals surface area contributed by atoms with Crippen molar-refractivity contribution in [2.45, 2.75) is 33.2 Å². The van der Waals surface area contributed by atoms with Crippen molar-refractivity contribution in [1.29, 1.82) is 0 Å². The number of benzene rings is 1. The third-order valence-corrected chi connectivity index (χ3v) is 4.29. The van der Waals surface area contributed by atoms with Crippen molar-refractivity contribution < 1.29 is 9.53 Å². The van der Waals surface area contributed by atoms with E-state index >= 15 is 0 Å². The Morgan fingerprint density at radius 3 is 3.00 bits per heavy atom. The Morgan fingerprint density at radius 2 is 2.24 bits per heavy atom. The number of amides is 1. The Bertz CT molecular complexity index is 675. The van der Waals surface area contributed by atoms with E-state index in [4.69, 9.17) is 4.74 Å². The second-order valence-electron chi connectivity index (χ2n) is 5.97. The zero-order chi connectivity index (χ0) is 15.0. The summed E-state index contributed by atoms with van der Waals surface area (Å²) in [5, 5.41) is 1.17. The van der Waals surface area contributed by atoms with Crippen LogP contribution >= 0.6 is 0 Å². The number of morpholine rings is 1. The smallest absolute Gasteiger partial charge is 0.227 e. The van der Waals surface area contributed by atoms with E-state index in [1.807, 2.05) is 18.7 Å². The highest BCUT2D eigenvalue weighted by molar-refractivity contribution is 5.90. The molecule has 21 heavy (non-hydrogen) atoms. The quantitative estimate of drug-likeness (QED) is 0.922. The molecule has 1 N–H and O–H groups in total. The Kier molecular flexibility index (Phi) is 3.72. The first kappa shape index (κ1) is 14.1. The van der Waals surface area contributed by atoms with Gasteiger partial charge in [0.15, 0.2) is 0 Å². The molecule has 1 aromatic carbocycles. The SMILES string of the molecule is Cc1ccc2[nH]c(C)c(CC(=O)N3CCOC[C@@H]3C)c2c1. The van der Waals surface area contributed by atoms with Crippen LogP contribution in [-0.2, 0) is 16.0 Å². The van der Waals surface area contributed by atoms with Gasteiger partial charge in [-0.2, -0.15) is 0 Å². The topological polar surface area (TPSA) is 45.3 Å². The van der Waals surface area contributed by atoms with Crippen LogP contribution < -0.4 is 0 Å². The van der Waals surface area contributed by atoms with E-state index in [1.165, 1.54) is 10.9 Å². The number of hydrogen-bond acceptors (Lipinski definition) is 2. The second-order valence-corrected chi connectivity index (χ2v) is 5.97. The lowest BCUT2D eigenvalue weighted by atomic mass is 10.0. The van der Waals surface area contributed by atoms with Crippen LogP contribution in [0.2, 0.25) is 0 Å². The Balaban J connectivity index is 1.88. The number of rotatable bonds is 2. The number of hydrogen-bond donors (Lipinski definition) is 1. The largest absolute Gasteiger partial charge is 0.377 e. The molecule has 4 nitrogen and oxygen atoms in total. The fourth-order valence-corrected chi connectivity index (χ4v) is 3.07. The monoisotopic (exact) mass is 286 g/mol. The maximum atomic E-state index is 12.6. The number of fused-ring (bicyclic) bond motifs is 1. The molecule has 0 unspecified atom stereocenters. The molecule has 1 fully saturated rings. The van der Waals surface area contributed by atoms with E-state index in [0.717, 1.165) is 16.8 Å². The molecular weight excluding hydrogens is 264 g/mol. The normalized spacial score (nSPS) is 19.2. The van der Waals surface area contributed by atoms with Gasteiger partial charge in [-0.25, -0.2) is 0 Å². The first-order valence-corrected chi connectivity index (χ1v) is 7.51. The maximum Gasteiger partial charge on any atom is 0.227 e. The minimum Gasteiger partial charge on any atom is -0.377 e. The van der Waals surface area contributed by atoms with Crippen LogP contribution in [0.3, 0.4) is 0 Å². The summed E-state index contributed by atoms with van der Waals surface area (Å²) in [6.07, 6.45) is 0.458. The molecule has 1 aliphatic heterocycles. The van der Waals surface area contributed by atoms with E-state index in [9.17, 15) is 4.79 Å². The van der Waals surface area contributed by atoms with Crippen molar-refractivity contribution in [3.05, 3.63) is 35.0 Å². The van der Waals surface area contributed by atoms with E-state index < -0.39 is 0 Å². The summed E-state index contributed by atoms with van der Waals surface area (Å²) in [4.78, 5) is 17.9. The highest BCUT2D eigenvalue weighted by Crippen LogP contribution is 2.24. The number of nitrogens with one attached hydrogen (secondary N) is 1.